The summed E-state index contributed by atoms with van der Waals surface area (Å²) in [6, 6.07) is 10.2. The van der Waals surface area contributed by atoms with Gasteiger partial charge in [0.2, 0.25) is 0 Å². The van der Waals surface area contributed by atoms with Gasteiger partial charge in [0.1, 0.15) is 11.4 Å². The second-order valence-electron chi connectivity index (χ2n) is 8.45. The van der Waals surface area contributed by atoms with Crippen LogP contribution in [0.5, 0.6) is 5.75 Å². The van der Waals surface area contributed by atoms with Crippen molar-refractivity contribution in [3.05, 3.63) is 47.8 Å². The molecule has 1 aliphatic rings. The largest absolute Gasteiger partial charge is 0.471 e. The van der Waals surface area contributed by atoms with Crippen molar-refractivity contribution in [3.8, 4) is 5.75 Å². The molecule has 2 aromatic rings. The van der Waals surface area contributed by atoms with Crippen LogP contribution in [0.3, 0.4) is 0 Å². The van der Waals surface area contributed by atoms with Crippen LogP contribution in [0.1, 0.15) is 75.3 Å². The van der Waals surface area contributed by atoms with Crippen molar-refractivity contribution in [2.45, 2.75) is 77.5 Å². The lowest BCUT2D eigenvalue weighted by atomic mass is 9.87. The predicted octanol–water partition coefficient (Wildman–Crippen LogP) is 4.67. The van der Waals surface area contributed by atoms with E-state index >= 15 is 0 Å². The maximum Gasteiger partial charge on any atom is 0.271 e. The van der Waals surface area contributed by atoms with Crippen LogP contribution in [0.15, 0.2) is 36.5 Å². The molecule has 5 heteroatoms. The van der Waals surface area contributed by atoms with Gasteiger partial charge >= 0.3 is 0 Å². The summed E-state index contributed by atoms with van der Waals surface area (Å²) in [6.07, 6.45) is 8.86. The summed E-state index contributed by atoms with van der Waals surface area (Å²) in [4.78, 5) is 12.4. The molecule has 3 rings (SSSR count). The predicted molar refractivity (Wildman–Crippen MR) is 107 cm³/mol. The average Bonchev–Trinajstić information content (AvgIpc) is 2.97. The number of aromatic nitrogens is 2. The lowest BCUT2D eigenvalue weighted by molar-refractivity contribution is 0.0926. The number of ether oxygens (including phenoxy) is 1. The topological polar surface area (TPSA) is 56.1 Å². The van der Waals surface area contributed by atoms with Gasteiger partial charge in [-0.1, -0.05) is 58.6 Å². The Kier molecular flexibility index (Phi) is 6.19. The van der Waals surface area contributed by atoms with Gasteiger partial charge < -0.3 is 10.1 Å². The van der Waals surface area contributed by atoms with Crippen LogP contribution < -0.4 is 10.1 Å². The number of rotatable bonds is 5. The van der Waals surface area contributed by atoms with Crippen LogP contribution in [0.4, 0.5) is 0 Å². The second-order valence-corrected chi connectivity index (χ2v) is 8.45. The minimum absolute atomic E-state index is 0.0878. The zero-order chi connectivity index (χ0) is 19.3. The molecule has 1 heterocycles. The Morgan fingerprint density at radius 3 is 2.41 bits per heavy atom. The Morgan fingerprint density at radius 2 is 1.78 bits per heavy atom. The van der Waals surface area contributed by atoms with Crippen molar-refractivity contribution in [1.82, 2.24) is 15.1 Å². The van der Waals surface area contributed by atoms with Gasteiger partial charge in [-0.15, -0.1) is 0 Å². The van der Waals surface area contributed by atoms with Crippen molar-refractivity contribution in [2.75, 3.05) is 0 Å². The average molecular weight is 370 g/mol. The number of nitrogens with zero attached hydrogens (tertiary/aromatic N) is 2. The molecule has 0 radical (unpaired) electrons. The van der Waals surface area contributed by atoms with E-state index in [0.717, 1.165) is 18.6 Å². The quantitative estimate of drug-likeness (QED) is 0.779. The molecule has 0 bridgehead atoms. The Labute approximate surface area is 162 Å². The molecule has 1 aliphatic carbocycles. The third kappa shape index (κ3) is 5.59. The Morgan fingerprint density at radius 1 is 1.11 bits per heavy atom. The van der Waals surface area contributed by atoms with E-state index in [0.29, 0.717) is 5.69 Å². The highest BCUT2D eigenvalue weighted by molar-refractivity contribution is 5.92. The third-order valence-electron chi connectivity index (χ3n) is 5.15. The van der Waals surface area contributed by atoms with Crippen molar-refractivity contribution in [1.29, 1.82) is 0 Å². The smallest absolute Gasteiger partial charge is 0.271 e. The second kappa shape index (κ2) is 8.59. The molecule has 5 nitrogen and oxygen atoms in total. The van der Waals surface area contributed by atoms with Crippen LogP contribution in [0.25, 0.3) is 0 Å². The van der Waals surface area contributed by atoms with E-state index in [4.69, 9.17) is 4.74 Å². The Balaban J connectivity index is 1.52. The van der Waals surface area contributed by atoms with Crippen LogP contribution >= 0.6 is 0 Å². The number of carbonyl (C=O) groups is 1. The van der Waals surface area contributed by atoms with Crippen molar-refractivity contribution in [3.63, 3.8) is 0 Å². The molecule has 1 amide bonds. The highest BCUT2D eigenvalue weighted by Gasteiger charge is 2.17. The molecule has 0 saturated heterocycles. The highest BCUT2D eigenvalue weighted by atomic mass is 16.5. The van der Waals surface area contributed by atoms with E-state index in [-0.39, 0.29) is 24.1 Å². The Hall–Kier alpha value is -2.30. The lowest BCUT2D eigenvalue weighted by Crippen LogP contribution is -2.34. The van der Waals surface area contributed by atoms with E-state index in [1.165, 1.54) is 31.2 Å². The van der Waals surface area contributed by atoms with Crippen LogP contribution in [0.2, 0.25) is 0 Å². The molecule has 0 unspecified atom stereocenters. The number of hydrogen-bond acceptors (Lipinski definition) is 3. The standard InChI is InChI=1S/C22H31N3O2/c1-22(2,3)17-10-12-19(13-11-17)27-16-25-15-14-20(24-25)21(26)23-18-8-6-4-5-7-9-18/h10-15,18H,4-9,16H2,1-3H3,(H,23,26). The van der Waals surface area contributed by atoms with Crippen molar-refractivity contribution >= 4 is 5.91 Å². The van der Waals surface area contributed by atoms with E-state index in [9.17, 15) is 4.79 Å². The summed E-state index contributed by atoms with van der Waals surface area (Å²) in [5, 5.41) is 7.48. The van der Waals surface area contributed by atoms with Crippen molar-refractivity contribution < 1.29 is 9.53 Å². The number of carbonyl (C=O) groups excluding carboxylic acids is 1. The fourth-order valence-corrected chi connectivity index (χ4v) is 3.43. The summed E-state index contributed by atoms with van der Waals surface area (Å²) in [6.45, 7) is 6.85. The zero-order valence-electron chi connectivity index (χ0n) is 16.7. The molecular formula is C22H31N3O2. The van der Waals surface area contributed by atoms with Crippen LogP contribution in [-0.4, -0.2) is 21.7 Å². The molecule has 0 aliphatic heterocycles. The van der Waals surface area contributed by atoms with E-state index in [1.807, 2.05) is 12.1 Å². The SMILES string of the molecule is CC(C)(C)c1ccc(OCn2ccc(C(=O)NC3CCCCCC3)n2)cc1. The molecule has 27 heavy (non-hydrogen) atoms. The minimum atomic E-state index is -0.0878. The maximum absolute atomic E-state index is 12.4. The first-order valence-electron chi connectivity index (χ1n) is 9.99. The molecule has 1 N–H and O–H groups in total. The number of hydrogen-bond donors (Lipinski definition) is 1. The molecule has 1 aromatic heterocycles. The normalized spacial score (nSPS) is 16.0. The molecule has 1 saturated carbocycles. The van der Waals surface area contributed by atoms with Gasteiger partial charge in [0.15, 0.2) is 6.73 Å². The van der Waals surface area contributed by atoms with Gasteiger partial charge in [-0.25, -0.2) is 4.68 Å². The maximum atomic E-state index is 12.4. The first-order valence-corrected chi connectivity index (χ1v) is 9.99. The van der Waals surface area contributed by atoms with Crippen LogP contribution in [0, 0.1) is 0 Å². The third-order valence-corrected chi connectivity index (χ3v) is 5.15. The van der Waals surface area contributed by atoms with Crippen molar-refractivity contribution in [2.24, 2.45) is 0 Å². The molecule has 0 spiro atoms. The number of nitrogens with one attached hydrogen (secondary N) is 1. The lowest BCUT2D eigenvalue weighted by Gasteiger charge is -2.19. The van der Waals surface area contributed by atoms with Crippen LogP contribution in [-0.2, 0) is 12.1 Å². The number of benzene rings is 1. The number of amides is 1. The molecule has 1 fully saturated rings. The monoisotopic (exact) mass is 369 g/mol. The fraction of sp³-hybridized carbons (Fsp3) is 0.545. The first-order chi connectivity index (χ1) is 12.9. The van der Waals surface area contributed by atoms with Gasteiger partial charge in [0.05, 0.1) is 0 Å². The van der Waals surface area contributed by atoms with Gasteiger partial charge in [0.25, 0.3) is 5.91 Å². The summed E-state index contributed by atoms with van der Waals surface area (Å²) in [7, 11) is 0. The summed E-state index contributed by atoms with van der Waals surface area (Å²) in [5.74, 6) is 0.707. The molecular weight excluding hydrogens is 338 g/mol. The van der Waals surface area contributed by atoms with Gasteiger partial charge in [0, 0.05) is 12.2 Å². The minimum Gasteiger partial charge on any atom is -0.471 e. The van der Waals surface area contributed by atoms with E-state index in [2.05, 4.69) is 43.3 Å². The van der Waals surface area contributed by atoms with Gasteiger partial charge in [-0.3, -0.25) is 4.79 Å². The summed E-state index contributed by atoms with van der Waals surface area (Å²) in [5.41, 5.74) is 1.84. The Bertz CT molecular complexity index is 736. The first kappa shape index (κ1) is 19.5. The summed E-state index contributed by atoms with van der Waals surface area (Å²) >= 11 is 0. The molecule has 1 aromatic carbocycles. The van der Waals surface area contributed by atoms with Gasteiger partial charge in [-0.05, 0) is 42.0 Å². The zero-order valence-corrected chi connectivity index (χ0v) is 16.7. The summed E-state index contributed by atoms with van der Waals surface area (Å²) < 4.78 is 7.44. The molecule has 146 valence electrons. The highest BCUT2D eigenvalue weighted by Crippen LogP contribution is 2.24. The fourth-order valence-electron chi connectivity index (χ4n) is 3.43. The van der Waals surface area contributed by atoms with E-state index < -0.39 is 0 Å². The van der Waals surface area contributed by atoms with E-state index in [1.54, 1.807) is 16.9 Å². The molecule has 0 atom stereocenters. The van der Waals surface area contributed by atoms with Gasteiger partial charge in [-0.2, -0.15) is 5.10 Å².